The molecule has 0 radical (unpaired) electrons. The first kappa shape index (κ1) is 16.2. The zero-order chi connectivity index (χ0) is 16.1. The van der Waals surface area contributed by atoms with Gasteiger partial charge < -0.3 is 10.6 Å². The molecule has 0 aliphatic heterocycles. The molecule has 0 fully saturated rings. The van der Waals surface area contributed by atoms with Gasteiger partial charge in [0.15, 0.2) is 5.82 Å². The number of nitrogens with one attached hydrogen (secondary N) is 2. The summed E-state index contributed by atoms with van der Waals surface area (Å²) in [5, 5.41) is 14.7. The van der Waals surface area contributed by atoms with Gasteiger partial charge in [-0.05, 0) is 44.2 Å². The predicted octanol–water partition coefficient (Wildman–Crippen LogP) is 4.00. The van der Waals surface area contributed by atoms with Gasteiger partial charge in [-0.2, -0.15) is 10.1 Å². The van der Waals surface area contributed by atoms with Crippen LogP contribution in [0.5, 0.6) is 0 Å². The van der Waals surface area contributed by atoms with Crippen LogP contribution in [0.4, 0.5) is 17.5 Å². The van der Waals surface area contributed by atoms with Gasteiger partial charge in [0.2, 0.25) is 5.95 Å². The molecule has 0 atom stereocenters. The maximum Gasteiger partial charge on any atom is 0.249 e. The van der Waals surface area contributed by atoms with E-state index in [-0.39, 0.29) is 0 Å². The van der Waals surface area contributed by atoms with Crippen LogP contribution in [0.15, 0.2) is 18.3 Å². The number of benzene rings is 1. The van der Waals surface area contributed by atoms with Crippen LogP contribution in [-0.4, -0.2) is 21.7 Å². The van der Waals surface area contributed by atoms with Crippen molar-refractivity contribution in [1.29, 1.82) is 0 Å². The summed E-state index contributed by atoms with van der Waals surface area (Å²) in [4.78, 5) is 4.47. The Morgan fingerprint density at radius 1 is 1.09 bits per heavy atom. The van der Waals surface area contributed by atoms with Gasteiger partial charge in [-0.15, -0.1) is 5.10 Å². The second-order valence-electron chi connectivity index (χ2n) is 6.17. The highest BCUT2D eigenvalue weighted by molar-refractivity contribution is 5.64. The maximum absolute atomic E-state index is 4.47. The van der Waals surface area contributed by atoms with Crippen LogP contribution in [0.3, 0.4) is 0 Å². The predicted molar refractivity (Wildman–Crippen MR) is 91.7 cm³/mol. The summed E-state index contributed by atoms with van der Waals surface area (Å²) in [6.45, 7) is 11.6. The third-order valence-corrected chi connectivity index (χ3v) is 3.50. The molecule has 0 aliphatic carbocycles. The first-order valence-corrected chi connectivity index (χ1v) is 7.74. The van der Waals surface area contributed by atoms with Gasteiger partial charge in [-0.25, -0.2) is 0 Å². The Bertz CT molecular complexity index is 614. The molecule has 22 heavy (non-hydrogen) atoms. The smallest absolute Gasteiger partial charge is 0.249 e. The Labute approximate surface area is 132 Å². The summed E-state index contributed by atoms with van der Waals surface area (Å²) in [5.41, 5.74) is 4.66. The lowest BCUT2D eigenvalue weighted by Gasteiger charge is -2.13. The minimum Gasteiger partial charge on any atom is -0.369 e. The highest BCUT2D eigenvalue weighted by atomic mass is 15.3. The molecule has 1 aromatic heterocycles. The summed E-state index contributed by atoms with van der Waals surface area (Å²) < 4.78 is 0. The summed E-state index contributed by atoms with van der Waals surface area (Å²) >= 11 is 0. The summed E-state index contributed by atoms with van der Waals surface area (Å²) in [5.74, 6) is 1.93. The second kappa shape index (κ2) is 7.20. The van der Waals surface area contributed by atoms with Crippen molar-refractivity contribution in [2.45, 2.75) is 41.0 Å². The van der Waals surface area contributed by atoms with Crippen LogP contribution >= 0.6 is 0 Å². The minimum absolute atomic E-state index is 0.518. The van der Waals surface area contributed by atoms with Crippen LogP contribution in [-0.2, 0) is 0 Å². The lowest BCUT2D eigenvalue weighted by Crippen LogP contribution is -2.09. The molecule has 2 N–H and O–H groups in total. The Balaban J connectivity index is 2.10. The quantitative estimate of drug-likeness (QED) is 0.844. The number of hydrogen-bond acceptors (Lipinski definition) is 5. The first-order valence-electron chi connectivity index (χ1n) is 7.74. The van der Waals surface area contributed by atoms with Crippen molar-refractivity contribution >= 4 is 17.5 Å². The van der Waals surface area contributed by atoms with Crippen LogP contribution in [0.2, 0.25) is 0 Å². The molecule has 0 saturated heterocycles. The summed E-state index contributed by atoms with van der Waals surface area (Å²) in [6, 6.07) is 4.29. The SMILES string of the molecule is Cc1cc(C)c(Nc2nncc(NCCC(C)C)n2)c(C)c1. The average Bonchev–Trinajstić information content (AvgIpc) is 2.43. The van der Waals surface area contributed by atoms with Crippen molar-refractivity contribution in [3.8, 4) is 0 Å². The number of rotatable bonds is 6. The van der Waals surface area contributed by atoms with Gasteiger partial charge >= 0.3 is 0 Å². The maximum atomic E-state index is 4.47. The molecule has 0 spiro atoms. The van der Waals surface area contributed by atoms with E-state index < -0.39 is 0 Å². The van der Waals surface area contributed by atoms with Crippen LogP contribution < -0.4 is 10.6 Å². The molecule has 0 saturated carbocycles. The third-order valence-electron chi connectivity index (χ3n) is 3.50. The van der Waals surface area contributed by atoms with Gasteiger partial charge in [-0.3, -0.25) is 0 Å². The molecule has 5 heteroatoms. The Hall–Kier alpha value is -2.17. The Morgan fingerprint density at radius 3 is 2.41 bits per heavy atom. The highest BCUT2D eigenvalue weighted by Gasteiger charge is 2.07. The van der Waals surface area contributed by atoms with E-state index in [0.29, 0.717) is 11.9 Å². The van der Waals surface area contributed by atoms with Gasteiger partial charge in [0.25, 0.3) is 0 Å². The van der Waals surface area contributed by atoms with E-state index in [1.165, 1.54) is 16.7 Å². The van der Waals surface area contributed by atoms with Crippen molar-refractivity contribution in [3.05, 3.63) is 35.0 Å². The Kier molecular flexibility index (Phi) is 5.31. The molecule has 0 unspecified atom stereocenters. The molecule has 1 heterocycles. The Morgan fingerprint density at radius 2 is 1.77 bits per heavy atom. The standard InChI is InChI=1S/C17H25N5/c1-11(2)6-7-18-15-10-19-22-17(20-15)21-16-13(4)8-12(3)9-14(16)5/h8-11H,6-7H2,1-5H3,(H2,18,20,21,22). The second-order valence-corrected chi connectivity index (χ2v) is 6.17. The average molecular weight is 299 g/mol. The van der Waals surface area contributed by atoms with E-state index in [1.54, 1.807) is 6.20 Å². The number of anilines is 3. The monoisotopic (exact) mass is 299 g/mol. The number of hydrogen-bond donors (Lipinski definition) is 2. The molecule has 2 rings (SSSR count). The van der Waals surface area contributed by atoms with Crippen molar-refractivity contribution in [2.24, 2.45) is 5.92 Å². The fourth-order valence-corrected chi connectivity index (χ4v) is 2.42. The highest BCUT2D eigenvalue weighted by Crippen LogP contribution is 2.24. The van der Waals surface area contributed by atoms with Crippen molar-refractivity contribution < 1.29 is 0 Å². The van der Waals surface area contributed by atoms with E-state index in [2.05, 4.69) is 72.6 Å². The van der Waals surface area contributed by atoms with E-state index in [9.17, 15) is 0 Å². The van der Waals surface area contributed by atoms with E-state index in [1.807, 2.05) is 0 Å². The molecule has 1 aromatic carbocycles. The topological polar surface area (TPSA) is 62.7 Å². The van der Waals surface area contributed by atoms with Gasteiger partial charge in [0, 0.05) is 12.2 Å². The van der Waals surface area contributed by atoms with Crippen LogP contribution in [0.1, 0.15) is 37.0 Å². The lowest BCUT2D eigenvalue weighted by molar-refractivity contribution is 0.606. The normalized spacial score (nSPS) is 10.8. The number of aromatic nitrogens is 3. The lowest BCUT2D eigenvalue weighted by atomic mass is 10.1. The fraction of sp³-hybridized carbons (Fsp3) is 0.471. The molecule has 0 aliphatic rings. The van der Waals surface area contributed by atoms with Crippen molar-refractivity contribution in [2.75, 3.05) is 17.2 Å². The zero-order valence-electron chi connectivity index (χ0n) is 14.1. The minimum atomic E-state index is 0.518. The van der Waals surface area contributed by atoms with Crippen molar-refractivity contribution in [3.63, 3.8) is 0 Å². The van der Waals surface area contributed by atoms with Gasteiger partial charge in [0.1, 0.15) is 0 Å². The molecule has 0 bridgehead atoms. The van der Waals surface area contributed by atoms with Crippen LogP contribution in [0.25, 0.3) is 0 Å². The molecule has 118 valence electrons. The number of nitrogens with zero attached hydrogens (tertiary/aromatic N) is 3. The molecular weight excluding hydrogens is 274 g/mol. The molecule has 2 aromatic rings. The molecule has 5 nitrogen and oxygen atoms in total. The largest absolute Gasteiger partial charge is 0.369 e. The van der Waals surface area contributed by atoms with Gasteiger partial charge in [0.05, 0.1) is 6.20 Å². The van der Waals surface area contributed by atoms with Gasteiger partial charge in [-0.1, -0.05) is 31.5 Å². The van der Waals surface area contributed by atoms with E-state index >= 15 is 0 Å². The first-order chi connectivity index (χ1) is 10.5. The zero-order valence-corrected chi connectivity index (χ0v) is 14.1. The van der Waals surface area contributed by atoms with E-state index in [0.717, 1.165) is 24.5 Å². The fourth-order valence-electron chi connectivity index (χ4n) is 2.42. The van der Waals surface area contributed by atoms with Crippen molar-refractivity contribution in [1.82, 2.24) is 15.2 Å². The summed E-state index contributed by atoms with van der Waals surface area (Å²) in [7, 11) is 0. The third kappa shape index (κ3) is 4.41. The number of aryl methyl sites for hydroxylation is 3. The molecular formula is C17H25N5. The van der Waals surface area contributed by atoms with E-state index in [4.69, 9.17) is 0 Å². The summed E-state index contributed by atoms with van der Waals surface area (Å²) in [6.07, 6.45) is 2.75. The van der Waals surface area contributed by atoms with Crippen LogP contribution in [0, 0.1) is 26.7 Å². The molecule has 0 amide bonds.